The fourth-order valence-corrected chi connectivity index (χ4v) is 4.95. The average molecular weight is 451 g/mol. The Morgan fingerprint density at radius 3 is 2.67 bits per heavy atom. The molecule has 6 heteroatoms. The summed E-state index contributed by atoms with van der Waals surface area (Å²) in [4.78, 5) is 17.3. The lowest BCUT2D eigenvalue weighted by atomic mass is 10.0. The number of methoxy groups -OCH3 is 1. The second-order valence-electron chi connectivity index (χ2n) is 9.15. The van der Waals surface area contributed by atoms with Gasteiger partial charge in [-0.3, -0.25) is 4.90 Å². The molecule has 1 saturated heterocycles. The van der Waals surface area contributed by atoms with E-state index >= 15 is 0 Å². The molecule has 0 saturated carbocycles. The largest absolute Gasteiger partial charge is 0.468 e. The van der Waals surface area contributed by atoms with Crippen molar-refractivity contribution >= 4 is 5.97 Å². The third-order valence-electron chi connectivity index (χ3n) is 6.90. The zero-order valence-electron chi connectivity index (χ0n) is 19.9. The maximum atomic E-state index is 12.5. The van der Waals surface area contributed by atoms with Crippen LogP contribution in [-0.4, -0.2) is 62.1 Å². The van der Waals surface area contributed by atoms with E-state index in [0.29, 0.717) is 0 Å². The van der Waals surface area contributed by atoms with Gasteiger partial charge in [-0.2, -0.15) is 0 Å². The van der Waals surface area contributed by atoms with Crippen LogP contribution in [0.2, 0.25) is 0 Å². The molecular formula is C27H38N4O2. The first kappa shape index (κ1) is 23.6. The van der Waals surface area contributed by atoms with E-state index in [1.54, 1.807) is 0 Å². The predicted molar refractivity (Wildman–Crippen MR) is 132 cm³/mol. The number of esters is 1. The number of benzene rings is 1. The zero-order valence-corrected chi connectivity index (χ0v) is 19.9. The van der Waals surface area contributed by atoms with Gasteiger partial charge in [-0.25, -0.2) is 4.79 Å². The molecule has 0 bridgehead atoms. The van der Waals surface area contributed by atoms with E-state index in [0.717, 1.165) is 57.7 Å². The van der Waals surface area contributed by atoms with Crippen LogP contribution >= 0.6 is 0 Å². The van der Waals surface area contributed by atoms with Crippen molar-refractivity contribution in [2.45, 2.75) is 44.6 Å². The van der Waals surface area contributed by atoms with Crippen molar-refractivity contribution in [3.8, 4) is 0 Å². The Bertz CT molecular complexity index is 869. The van der Waals surface area contributed by atoms with Gasteiger partial charge in [0, 0.05) is 38.9 Å². The number of carbonyl (C=O) groups excluding carboxylic acids is 1. The molecule has 0 aromatic heterocycles. The van der Waals surface area contributed by atoms with E-state index in [-0.39, 0.29) is 12.0 Å². The summed E-state index contributed by atoms with van der Waals surface area (Å²) in [5.41, 5.74) is 3.80. The van der Waals surface area contributed by atoms with Crippen molar-refractivity contribution in [3.05, 3.63) is 71.2 Å². The molecule has 0 amide bonds. The minimum absolute atomic E-state index is 0.169. The van der Waals surface area contributed by atoms with Crippen LogP contribution in [-0.2, 0) is 9.53 Å². The van der Waals surface area contributed by atoms with E-state index in [1.165, 1.54) is 49.8 Å². The normalized spacial score (nSPS) is 20.2. The van der Waals surface area contributed by atoms with Gasteiger partial charge < -0.3 is 20.3 Å². The summed E-state index contributed by atoms with van der Waals surface area (Å²) in [6.07, 6.45) is 13.9. The van der Waals surface area contributed by atoms with Gasteiger partial charge in [0.15, 0.2) is 0 Å². The molecule has 1 unspecified atom stereocenters. The predicted octanol–water partition coefficient (Wildman–Crippen LogP) is 3.72. The van der Waals surface area contributed by atoms with Crippen LogP contribution in [0.3, 0.4) is 0 Å². The number of nitrogens with zero attached hydrogens (tertiary/aromatic N) is 2. The Balaban J connectivity index is 1.15. The molecular weight excluding hydrogens is 412 g/mol. The zero-order chi connectivity index (χ0) is 22.9. The van der Waals surface area contributed by atoms with Gasteiger partial charge in [-0.15, -0.1) is 0 Å². The molecule has 1 atom stereocenters. The lowest BCUT2D eigenvalue weighted by Crippen LogP contribution is -2.49. The number of unbranched alkanes of at least 4 members (excludes halogenated alkanes) is 2. The maximum absolute atomic E-state index is 12.5. The molecule has 6 nitrogen and oxygen atoms in total. The summed E-state index contributed by atoms with van der Waals surface area (Å²) in [5.74, 6) is 1.02. The van der Waals surface area contributed by atoms with Gasteiger partial charge in [0.25, 0.3) is 0 Å². The number of hydrogen-bond acceptors (Lipinski definition) is 6. The number of hydrogen-bond donors (Lipinski definition) is 2. The van der Waals surface area contributed by atoms with Crippen LogP contribution in [0, 0.1) is 0 Å². The van der Waals surface area contributed by atoms with Crippen LogP contribution in [0.25, 0.3) is 0 Å². The third-order valence-corrected chi connectivity index (χ3v) is 6.90. The lowest BCUT2D eigenvalue weighted by molar-refractivity contribution is -0.148. The van der Waals surface area contributed by atoms with Crippen LogP contribution in [0.15, 0.2) is 65.7 Å². The first-order chi connectivity index (χ1) is 16.2. The molecule has 3 aliphatic heterocycles. The Hall–Kier alpha value is -2.57. The number of ether oxygens (including phenoxy) is 1. The highest BCUT2D eigenvalue weighted by atomic mass is 16.5. The van der Waals surface area contributed by atoms with Gasteiger partial charge in [-0.05, 0) is 55.4 Å². The van der Waals surface area contributed by atoms with Crippen LogP contribution in [0.5, 0.6) is 0 Å². The molecule has 1 aromatic carbocycles. The Labute approximate surface area is 198 Å². The maximum Gasteiger partial charge on any atom is 0.327 e. The fraction of sp³-hybridized carbons (Fsp3) is 0.519. The van der Waals surface area contributed by atoms with Gasteiger partial charge in [0.2, 0.25) is 0 Å². The monoisotopic (exact) mass is 450 g/mol. The van der Waals surface area contributed by atoms with Gasteiger partial charge in [0.05, 0.1) is 7.11 Å². The smallest absolute Gasteiger partial charge is 0.327 e. The average Bonchev–Trinajstić information content (AvgIpc) is 3.08. The Morgan fingerprint density at radius 1 is 1.06 bits per heavy atom. The van der Waals surface area contributed by atoms with Crippen molar-refractivity contribution in [3.63, 3.8) is 0 Å². The lowest BCUT2D eigenvalue weighted by Gasteiger charge is -2.38. The van der Waals surface area contributed by atoms with Gasteiger partial charge in [-0.1, -0.05) is 48.9 Å². The number of allylic oxidation sites excluding steroid dienone is 4. The first-order valence-corrected chi connectivity index (χ1v) is 12.4. The Kier molecular flexibility index (Phi) is 8.61. The molecule has 1 fully saturated rings. The second kappa shape index (κ2) is 12.1. The molecule has 2 N–H and O–H groups in total. The second-order valence-corrected chi connectivity index (χ2v) is 9.15. The van der Waals surface area contributed by atoms with Crippen LogP contribution in [0.4, 0.5) is 0 Å². The van der Waals surface area contributed by atoms with Gasteiger partial charge >= 0.3 is 5.97 Å². The van der Waals surface area contributed by atoms with Crippen LogP contribution < -0.4 is 10.6 Å². The van der Waals surface area contributed by atoms with E-state index in [9.17, 15) is 4.79 Å². The van der Waals surface area contributed by atoms with E-state index in [1.807, 2.05) is 30.3 Å². The SMILES string of the molecule is COC(=O)C(c1ccccc1)N1CCN(CCCCCC2=CNC3=C(C=C2)CCCN3)CC1. The minimum atomic E-state index is -0.303. The number of piperazine rings is 1. The fourth-order valence-electron chi connectivity index (χ4n) is 4.95. The summed E-state index contributed by atoms with van der Waals surface area (Å²) < 4.78 is 5.11. The summed E-state index contributed by atoms with van der Waals surface area (Å²) in [5, 5.41) is 6.92. The molecule has 3 aliphatic rings. The van der Waals surface area contributed by atoms with Gasteiger partial charge in [0.1, 0.15) is 11.9 Å². The summed E-state index contributed by atoms with van der Waals surface area (Å²) in [6.45, 7) is 5.99. The summed E-state index contributed by atoms with van der Waals surface area (Å²) in [7, 11) is 1.48. The molecule has 0 spiro atoms. The molecule has 1 aromatic rings. The highest BCUT2D eigenvalue weighted by Gasteiger charge is 2.30. The molecule has 178 valence electrons. The molecule has 4 rings (SSSR count). The molecule has 3 heterocycles. The van der Waals surface area contributed by atoms with Crippen molar-refractivity contribution in [1.29, 1.82) is 0 Å². The van der Waals surface area contributed by atoms with Crippen molar-refractivity contribution in [2.24, 2.45) is 0 Å². The van der Waals surface area contributed by atoms with E-state index in [4.69, 9.17) is 4.74 Å². The Morgan fingerprint density at radius 2 is 1.88 bits per heavy atom. The molecule has 33 heavy (non-hydrogen) atoms. The standard InChI is InChI=1S/C27H38N4O2/c1-33-27(32)25(23-10-5-2-6-11-23)31-19-17-30(18-20-31)16-7-3-4-9-22-13-14-24-12-8-15-28-26(24)29-21-22/h2,5-6,10-11,13-14,21,25,28-29H,3-4,7-9,12,15-20H2,1H3. The topological polar surface area (TPSA) is 56.8 Å². The highest BCUT2D eigenvalue weighted by molar-refractivity contribution is 5.77. The number of rotatable bonds is 9. The van der Waals surface area contributed by atoms with Crippen molar-refractivity contribution < 1.29 is 9.53 Å². The van der Waals surface area contributed by atoms with Crippen LogP contribution in [0.1, 0.15) is 50.1 Å². The van der Waals surface area contributed by atoms with Crippen molar-refractivity contribution in [2.75, 3.05) is 46.4 Å². The molecule has 0 aliphatic carbocycles. The highest BCUT2D eigenvalue weighted by Crippen LogP contribution is 2.24. The third kappa shape index (κ3) is 6.49. The quantitative estimate of drug-likeness (QED) is 0.442. The summed E-state index contributed by atoms with van der Waals surface area (Å²) >= 11 is 0. The van der Waals surface area contributed by atoms with E-state index < -0.39 is 0 Å². The van der Waals surface area contributed by atoms with E-state index in [2.05, 4.69) is 38.8 Å². The number of carbonyl (C=O) groups is 1. The summed E-state index contributed by atoms with van der Waals surface area (Å²) in [6, 6.07) is 9.69. The minimum Gasteiger partial charge on any atom is -0.468 e. The number of nitrogens with one attached hydrogen (secondary N) is 2. The van der Waals surface area contributed by atoms with Crippen molar-refractivity contribution in [1.82, 2.24) is 20.4 Å². The molecule has 0 radical (unpaired) electrons. The first-order valence-electron chi connectivity index (χ1n) is 12.4.